The molecular weight excluding hydrogens is 342 g/mol. The van der Waals surface area contributed by atoms with Gasteiger partial charge >= 0.3 is 0 Å². The number of thioether (sulfide) groups is 1. The highest BCUT2D eigenvalue weighted by Crippen LogP contribution is 2.25. The maximum atomic E-state index is 5.96. The van der Waals surface area contributed by atoms with Gasteiger partial charge in [-0.05, 0) is 35.7 Å². The van der Waals surface area contributed by atoms with Crippen LogP contribution in [0.2, 0.25) is 5.02 Å². The molecule has 1 aliphatic rings. The zero-order chi connectivity index (χ0) is 16.4. The number of pyridine rings is 1. The minimum atomic E-state index is 0.727. The maximum absolute atomic E-state index is 5.96. The van der Waals surface area contributed by atoms with E-state index in [4.69, 9.17) is 16.7 Å². The van der Waals surface area contributed by atoms with Gasteiger partial charge in [0.15, 0.2) is 5.82 Å². The Labute approximate surface area is 148 Å². The molecule has 120 valence electrons. The van der Waals surface area contributed by atoms with Gasteiger partial charge < -0.3 is 0 Å². The molecule has 0 unspecified atom stereocenters. The predicted octanol–water partition coefficient (Wildman–Crippen LogP) is 3.47. The van der Waals surface area contributed by atoms with Crippen LogP contribution in [0.15, 0.2) is 59.0 Å². The first-order valence-corrected chi connectivity index (χ1v) is 8.96. The first-order valence-electron chi connectivity index (χ1n) is 7.59. The molecule has 4 rings (SSSR count). The van der Waals surface area contributed by atoms with Crippen molar-refractivity contribution < 1.29 is 0 Å². The molecule has 3 aromatic rings. The minimum absolute atomic E-state index is 0.727. The first-order chi connectivity index (χ1) is 11.8. The van der Waals surface area contributed by atoms with Crippen molar-refractivity contribution in [3.05, 3.63) is 70.8 Å². The lowest BCUT2D eigenvalue weighted by atomic mass is 10.1. The monoisotopic (exact) mass is 355 g/mol. The van der Waals surface area contributed by atoms with E-state index in [1.54, 1.807) is 18.0 Å². The standard InChI is InChI=1S/C17H14ClN5S/c18-14-6-4-13(5-7-14)15-11-24-17-21-20-16(23(17)22-15)8-3-12-2-1-9-19-10-12/h1-2,4-7,9-10H,3,8,11H2. The van der Waals surface area contributed by atoms with Gasteiger partial charge in [-0.1, -0.05) is 41.6 Å². The number of aromatic nitrogens is 4. The second-order valence-electron chi connectivity index (χ2n) is 5.41. The molecule has 7 heteroatoms. The van der Waals surface area contributed by atoms with E-state index in [1.807, 2.05) is 41.2 Å². The highest BCUT2D eigenvalue weighted by Gasteiger charge is 2.19. The fourth-order valence-electron chi connectivity index (χ4n) is 2.51. The lowest BCUT2D eigenvalue weighted by Gasteiger charge is -2.14. The van der Waals surface area contributed by atoms with Crippen LogP contribution in [0, 0.1) is 0 Å². The molecular formula is C17H14ClN5S. The summed E-state index contributed by atoms with van der Waals surface area (Å²) in [6.07, 6.45) is 5.30. The molecule has 0 spiro atoms. The highest BCUT2D eigenvalue weighted by atomic mass is 35.5. The van der Waals surface area contributed by atoms with Crippen molar-refractivity contribution in [1.29, 1.82) is 0 Å². The molecule has 0 atom stereocenters. The summed E-state index contributed by atoms with van der Waals surface area (Å²) in [6.45, 7) is 0. The average molecular weight is 356 g/mol. The summed E-state index contributed by atoms with van der Waals surface area (Å²) in [4.78, 5) is 4.15. The van der Waals surface area contributed by atoms with E-state index in [9.17, 15) is 0 Å². The third-order valence-corrected chi connectivity index (χ3v) is 4.96. The van der Waals surface area contributed by atoms with Gasteiger partial charge in [0, 0.05) is 29.6 Å². The lowest BCUT2D eigenvalue weighted by molar-refractivity contribution is 0.698. The number of hydrogen-bond acceptors (Lipinski definition) is 5. The largest absolute Gasteiger partial charge is 0.264 e. The van der Waals surface area contributed by atoms with Crippen LogP contribution < -0.4 is 0 Å². The average Bonchev–Trinajstić information content (AvgIpc) is 3.04. The summed E-state index contributed by atoms with van der Waals surface area (Å²) in [5.41, 5.74) is 3.26. The molecule has 0 aliphatic carbocycles. The first kappa shape index (κ1) is 15.4. The van der Waals surface area contributed by atoms with Crippen LogP contribution in [0.1, 0.15) is 17.0 Å². The van der Waals surface area contributed by atoms with E-state index in [2.05, 4.69) is 21.2 Å². The SMILES string of the molecule is Clc1ccc(C2=Nn3c(CCc4cccnc4)nnc3SC2)cc1. The number of fused-ring (bicyclic) bond motifs is 1. The van der Waals surface area contributed by atoms with Crippen LogP contribution in [0.5, 0.6) is 0 Å². The van der Waals surface area contributed by atoms with Crippen molar-refractivity contribution in [2.45, 2.75) is 18.0 Å². The fraction of sp³-hybridized carbons (Fsp3) is 0.176. The topological polar surface area (TPSA) is 56.0 Å². The Bertz CT molecular complexity index is 874. The molecule has 0 amide bonds. The minimum Gasteiger partial charge on any atom is -0.264 e. The number of hydrogen-bond donors (Lipinski definition) is 0. The predicted molar refractivity (Wildman–Crippen MR) is 95.8 cm³/mol. The zero-order valence-corrected chi connectivity index (χ0v) is 14.3. The highest BCUT2D eigenvalue weighted by molar-refractivity contribution is 7.99. The molecule has 0 bridgehead atoms. The molecule has 5 nitrogen and oxygen atoms in total. The maximum Gasteiger partial charge on any atom is 0.212 e. The van der Waals surface area contributed by atoms with Gasteiger partial charge in [0.05, 0.1) is 5.71 Å². The number of halogens is 1. The second-order valence-corrected chi connectivity index (χ2v) is 6.79. The molecule has 0 saturated carbocycles. The van der Waals surface area contributed by atoms with Crippen LogP contribution in [0.4, 0.5) is 0 Å². The van der Waals surface area contributed by atoms with E-state index >= 15 is 0 Å². The summed E-state index contributed by atoms with van der Waals surface area (Å²) in [7, 11) is 0. The van der Waals surface area contributed by atoms with Crippen molar-refractivity contribution in [2.24, 2.45) is 5.10 Å². The Morgan fingerprint density at radius 3 is 2.75 bits per heavy atom. The molecule has 1 aliphatic heterocycles. The summed E-state index contributed by atoms with van der Waals surface area (Å²) in [6, 6.07) is 11.8. The van der Waals surface area contributed by atoms with Crippen molar-refractivity contribution >= 4 is 29.1 Å². The third kappa shape index (κ3) is 3.20. The molecule has 24 heavy (non-hydrogen) atoms. The summed E-state index contributed by atoms with van der Waals surface area (Å²) >= 11 is 7.62. The number of benzene rings is 1. The van der Waals surface area contributed by atoms with Crippen molar-refractivity contribution in [3.63, 3.8) is 0 Å². The molecule has 0 fully saturated rings. The van der Waals surface area contributed by atoms with Gasteiger partial charge in [-0.2, -0.15) is 9.78 Å². The quantitative estimate of drug-likeness (QED) is 0.719. The fourth-order valence-corrected chi connectivity index (χ4v) is 3.49. The number of rotatable bonds is 4. The molecule has 1 aromatic carbocycles. The van der Waals surface area contributed by atoms with Gasteiger partial charge in [-0.3, -0.25) is 4.98 Å². The molecule has 3 heterocycles. The van der Waals surface area contributed by atoms with Crippen LogP contribution in [-0.4, -0.2) is 31.3 Å². The van der Waals surface area contributed by atoms with E-state index < -0.39 is 0 Å². The van der Waals surface area contributed by atoms with Gasteiger partial charge in [-0.25, -0.2) is 0 Å². The number of nitrogens with zero attached hydrogens (tertiary/aromatic N) is 5. The van der Waals surface area contributed by atoms with E-state index in [1.165, 1.54) is 5.56 Å². The van der Waals surface area contributed by atoms with Crippen molar-refractivity contribution in [1.82, 2.24) is 19.9 Å². The molecule has 2 aromatic heterocycles. The van der Waals surface area contributed by atoms with Crippen molar-refractivity contribution in [2.75, 3.05) is 5.75 Å². The second kappa shape index (κ2) is 6.75. The zero-order valence-electron chi connectivity index (χ0n) is 12.8. The van der Waals surface area contributed by atoms with Gasteiger partial charge in [0.2, 0.25) is 5.16 Å². The summed E-state index contributed by atoms with van der Waals surface area (Å²) < 4.78 is 1.86. The molecule has 0 N–H and O–H groups in total. The summed E-state index contributed by atoms with van der Waals surface area (Å²) in [5.74, 6) is 1.65. The Morgan fingerprint density at radius 2 is 1.96 bits per heavy atom. The van der Waals surface area contributed by atoms with E-state index in [-0.39, 0.29) is 0 Å². The third-order valence-electron chi connectivity index (χ3n) is 3.77. The molecule has 0 saturated heterocycles. The van der Waals surface area contributed by atoms with Crippen LogP contribution in [0.25, 0.3) is 0 Å². The lowest BCUT2D eigenvalue weighted by Crippen LogP contribution is -2.14. The van der Waals surface area contributed by atoms with Crippen LogP contribution in [0.3, 0.4) is 0 Å². The smallest absolute Gasteiger partial charge is 0.212 e. The Balaban J connectivity index is 1.58. The van der Waals surface area contributed by atoms with Gasteiger partial charge in [0.25, 0.3) is 0 Å². The van der Waals surface area contributed by atoms with Crippen LogP contribution >= 0.6 is 23.4 Å². The van der Waals surface area contributed by atoms with Crippen molar-refractivity contribution in [3.8, 4) is 0 Å². The van der Waals surface area contributed by atoms with E-state index in [0.717, 1.165) is 45.9 Å². The molecule has 0 radical (unpaired) electrons. The number of aryl methyl sites for hydroxylation is 2. The Kier molecular flexibility index (Phi) is 4.32. The van der Waals surface area contributed by atoms with Crippen LogP contribution in [-0.2, 0) is 12.8 Å². The van der Waals surface area contributed by atoms with E-state index in [0.29, 0.717) is 0 Å². The Morgan fingerprint density at radius 1 is 1.08 bits per heavy atom. The normalized spacial score (nSPS) is 13.5. The van der Waals surface area contributed by atoms with Gasteiger partial charge in [-0.15, -0.1) is 10.2 Å². The summed E-state index contributed by atoms with van der Waals surface area (Å²) in [5, 5.41) is 14.9. The van der Waals surface area contributed by atoms with Gasteiger partial charge in [0.1, 0.15) is 0 Å². The Hall–Kier alpha value is -2.18.